The van der Waals surface area contributed by atoms with Gasteiger partial charge in [0.2, 0.25) is 11.8 Å². The summed E-state index contributed by atoms with van der Waals surface area (Å²) in [6.45, 7) is 11.2. The highest BCUT2D eigenvalue weighted by molar-refractivity contribution is 7.18. The number of ether oxygens (including phenoxy) is 1. The van der Waals surface area contributed by atoms with E-state index in [1.807, 2.05) is 20.8 Å². The number of nitrogens with zero attached hydrogens (tertiary/aromatic N) is 2. The van der Waals surface area contributed by atoms with Crippen molar-refractivity contribution in [3.63, 3.8) is 0 Å². The fourth-order valence-corrected chi connectivity index (χ4v) is 2.76. The van der Waals surface area contributed by atoms with Crippen LogP contribution in [-0.4, -0.2) is 22.1 Å². The fourth-order valence-electron chi connectivity index (χ4n) is 1.80. The number of nitrogens with one attached hydrogen (secondary N) is 1. The van der Waals surface area contributed by atoms with Gasteiger partial charge in [-0.15, -0.1) is 11.3 Å². The van der Waals surface area contributed by atoms with Crippen LogP contribution in [0.15, 0.2) is 6.07 Å². The van der Waals surface area contributed by atoms with Crippen molar-refractivity contribution in [2.75, 3.05) is 11.9 Å². The van der Waals surface area contributed by atoms with Gasteiger partial charge < -0.3 is 10.1 Å². The van der Waals surface area contributed by atoms with Gasteiger partial charge in [0, 0.05) is 11.4 Å². The minimum atomic E-state index is -0.266. The van der Waals surface area contributed by atoms with Crippen molar-refractivity contribution in [3.8, 4) is 5.88 Å². The number of fused-ring (bicyclic) bond motifs is 1. The molecule has 0 aliphatic carbocycles. The summed E-state index contributed by atoms with van der Waals surface area (Å²) >= 11 is 1.71. The molecule has 0 bridgehead atoms. The number of thiophene rings is 1. The van der Waals surface area contributed by atoms with Crippen molar-refractivity contribution < 1.29 is 4.74 Å². The van der Waals surface area contributed by atoms with E-state index in [0.29, 0.717) is 11.8 Å². The van der Waals surface area contributed by atoms with Gasteiger partial charge in [0.1, 0.15) is 10.4 Å². The molecule has 2 rings (SSSR count). The number of hydrogen-bond acceptors (Lipinski definition) is 5. The second-order valence-electron chi connectivity index (χ2n) is 5.78. The standard InChI is InChI=1S/C15H23N3OS/c1-6-8-16-14-17-12(19-15(3,4)5)11-9-10(7-2)20-13(11)18-14/h9H,6-8H2,1-5H3,(H,16,17,18). The molecule has 0 spiro atoms. The van der Waals surface area contributed by atoms with Crippen molar-refractivity contribution in [3.05, 3.63) is 10.9 Å². The lowest BCUT2D eigenvalue weighted by atomic mass is 10.2. The molecule has 2 aromatic heterocycles. The van der Waals surface area contributed by atoms with E-state index in [-0.39, 0.29) is 5.60 Å². The van der Waals surface area contributed by atoms with Crippen LogP contribution >= 0.6 is 11.3 Å². The first-order chi connectivity index (χ1) is 9.43. The highest BCUT2D eigenvalue weighted by Gasteiger charge is 2.18. The summed E-state index contributed by atoms with van der Waals surface area (Å²) in [5, 5.41) is 4.26. The van der Waals surface area contributed by atoms with Crippen LogP contribution in [0.3, 0.4) is 0 Å². The number of rotatable bonds is 5. The van der Waals surface area contributed by atoms with Gasteiger partial charge in [-0.3, -0.25) is 0 Å². The summed E-state index contributed by atoms with van der Waals surface area (Å²) in [5.74, 6) is 1.33. The SMILES string of the molecule is CCCNc1nc(OC(C)(C)C)c2cc(CC)sc2n1. The topological polar surface area (TPSA) is 47.0 Å². The Morgan fingerprint density at radius 3 is 2.60 bits per heavy atom. The van der Waals surface area contributed by atoms with Crippen LogP contribution in [-0.2, 0) is 6.42 Å². The van der Waals surface area contributed by atoms with Gasteiger partial charge in [0.15, 0.2) is 0 Å². The minimum absolute atomic E-state index is 0.266. The predicted molar refractivity (Wildman–Crippen MR) is 86.0 cm³/mol. The average Bonchev–Trinajstić information content (AvgIpc) is 2.78. The molecule has 1 N–H and O–H groups in total. The zero-order chi connectivity index (χ0) is 14.8. The van der Waals surface area contributed by atoms with E-state index in [4.69, 9.17) is 4.74 Å². The van der Waals surface area contributed by atoms with E-state index in [2.05, 4.69) is 35.2 Å². The third-order valence-corrected chi connectivity index (χ3v) is 3.87. The quantitative estimate of drug-likeness (QED) is 0.895. The number of aryl methyl sites for hydroxylation is 1. The molecule has 20 heavy (non-hydrogen) atoms. The Morgan fingerprint density at radius 2 is 2.00 bits per heavy atom. The molecule has 2 heterocycles. The van der Waals surface area contributed by atoms with E-state index in [9.17, 15) is 0 Å². The number of hydrogen-bond donors (Lipinski definition) is 1. The Hall–Kier alpha value is -1.36. The van der Waals surface area contributed by atoms with Crippen LogP contribution in [0, 0.1) is 0 Å². The molecule has 0 atom stereocenters. The van der Waals surface area contributed by atoms with E-state index in [1.165, 1.54) is 4.88 Å². The first-order valence-corrected chi connectivity index (χ1v) is 7.98. The third kappa shape index (κ3) is 3.60. The molecule has 0 aliphatic heterocycles. The van der Waals surface area contributed by atoms with E-state index in [1.54, 1.807) is 11.3 Å². The highest BCUT2D eigenvalue weighted by Crippen LogP contribution is 2.33. The van der Waals surface area contributed by atoms with Crippen LogP contribution in [0.2, 0.25) is 0 Å². The molecule has 4 nitrogen and oxygen atoms in total. The number of aromatic nitrogens is 2. The van der Waals surface area contributed by atoms with Crippen molar-refractivity contribution in [1.29, 1.82) is 0 Å². The van der Waals surface area contributed by atoms with Crippen LogP contribution in [0.5, 0.6) is 5.88 Å². The summed E-state index contributed by atoms with van der Waals surface area (Å²) in [7, 11) is 0. The molecule has 0 aliphatic rings. The Bertz CT molecular complexity index is 587. The van der Waals surface area contributed by atoms with Gasteiger partial charge in [0.05, 0.1) is 5.39 Å². The zero-order valence-corrected chi connectivity index (χ0v) is 13.7. The molecule has 0 saturated heterocycles. The van der Waals surface area contributed by atoms with Crippen molar-refractivity contribution in [2.45, 2.75) is 53.1 Å². The smallest absolute Gasteiger partial charge is 0.227 e. The zero-order valence-electron chi connectivity index (χ0n) is 12.9. The summed E-state index contributed by atoms with van der Waals surface area (Å²) in [6.07, 6.45) is 2.05. The van der Waals surface area contributed by atoms with Gasteiger partial charge in [0.25, 0.3) is 0 Å². The molecule has 0 aromatic carbocycles. The van der Waals surface area contributed by atoms with Crippen molar-refractivity contribution in [2.24, 2.45) is 0 Å². The van der Waals surface area contributed by atoms with Gasteiger partial charge in [-0.1, -0.05) is 13.8 Å². The molecule has 0 saturated carbocycles. The molecule has 110 valence electrons. The normalized spacial score (nSPS) is 11.8. The predicted octanol–water partition coefficient (Wildman–Crippen LogP) is 4.25. The lowest BCUT2D eigenvalue weighted by molar-refractivity contribution is 0.126. The largest absolute Gasteiger partial charge is 0.471 e. The molecule has 0 amide bonds. The van der Waals surface area contributed by atoms with Crippen LogP contribution in [0.1, 0.15) is 45.9 Å². The molecule has 2 aromatic rings. The Labute approximate surface area is 124 Å². The third-order valence-electron chi connectivity index (χ3n) is 2.69. The maximum Gasteiger partial charge on any atom is 0.227 e. The van der Waals surface area contributed by atoms with E-state index in [0.717, 1.165) is 29.6 Å². The lowest BCUT2D eigenvalue weighted by Crippen LogP contribution is -2.24. The highest BCUT2D eigenvalue weighted by atomic mass is 32.1. The van der Waals surface area contributed by atoms with Gasteiger partial charge in [-0.2, -0.15) is 4.98 Å². The molecule has 5 heteroatoms. The Morgan fingerprint density at radius 1 is 1.25 bits per heavy atom. The van der Waals surface area contributed by atoms with Gasteiger partial charge in [-0.25, -0.2) is 4.98 Å². The molecular weight excluding hydrogens is 270 g/mol. The first-order valence-electron chi connectivity index (χ1n) is 7.16. The second kappa shape index (κ2) is 5.95. The summed E-state index contributed by atoms with van der Waals surface area (Å²) < 4.78 is 6.01. The van der Waals surface area contributed by atoms with Crippen molar-refractivity contribution >= 4 is 27.5 Å². The average molecular weight is 293 g/mol. The Kier molecular flexibility index (Phi) is 4.48. The van der Waals surface area contributed by atoms with Crippen molar-refractivity contribution in [1.82, 2.24) is 9.97 Å². The van der Waals surface area contributed by atoms with Crippen LogP contribution in [0.25, 0.3) is 10.2 Å². The summed E-state index contributed by atoms with van der Waals surface area (Å²) in [5.41, 5.74) is -0.266. The molecule has 0 radical (unpaired) electrons. The molecule has 0 fully saturated rings. The fraction of sp³-hybridized carbons (Fsp3) is 0.600. The van der Waals surface area contributed by atoms with Crippen LogP contribution in [0.4, 0.5) is 5.95 Å². The number of anilines is 1. The maximum atomic E-state index is 6.01. The van der Waals surface area contributed by atoms with E-state index < -0.39 is 0 Å². The van der Waals surface area contributed by atoms with Gasteiger partial charge in [-0.05, 0) is 39.7 Å². The summed E-state index contributed by atoms with van der Waals surface area (Å²) in [4.78, 5) is 11.4. The van der Waals surface area contributed by atoms with Crippen LogP contribution < -0.4 is 10.1 Å². The lowest BCUT2D eigenvalue weighted by Gasteiger charge is -2.21. The second-order valence-corrected chi connectivity index (χ2v) is 6.89. The monoisotopic (exact) mass is 293 g/mol. The first kappa shape index (κ1) is 15.0. The molecule has 0 unspecified atom stereocenters. The maximum absolute atomic E-state index is 6.01. The summed E-state index contributed by atoms with van der Waals surface area (Å²) in [6, 6.07) is 2.14. The van der Waals surface area contributed by atoms with Gasteiger partial charge >= 0.3 is 0 Å². The van der Waals surface area contributed by atoms with E-state index >= 15 is 0 Å². The minimum Gasteiger partial charge on any atom is -0.471 e. The molecular formula is C15H23N3OS. The Balaban J connectivity index is 2.46.